The van der Waals surface area contributed by atoms with Crippen LogP contribution in [-0.4, -0.2) is 6.10 Å². The minimum atomic E-state index is 0.385. The molecule has 2 nitrogen and oxygen atoms in total. The van der Waals surface area contributed by atoms with E-state index in [0.29, 0.717) is 18.6 Å². The van der Waals surface area contributed by atoms with Gasteiger partial charge in [0.15, 0.2) is 0 Å². The zero-order valence-corrected chi connectivity index (χ0v) is 11.6. The standard InChI is InChI=1S/C16H25NO/c1-3-13-6-4-5-7-15(13)18-16-10-12(2)8-9-14(16)11-17/h8-10,13,15H,3-7,11,17H2,1-2H3. The van der Waals surface area contributed by atoms with Crippen molar-refractivity contribution < 1.29 is 4.74 Å². The second-order valence-corrected chi connectivity index (χ2v) is 5.42. The molecule has 1 aliphatic carbocycles. The molecular formula is C16H25NO. The van der Waals surface area contributed by atoms with Crippen molar-refractivity contribution in [3.05, 3.63) is 29.3 Å². The molecule has 1 aliphatic rings. The lowest BCUT2D eigenvalue weighted by molar-refractivity contribution is 0.0894. The van der Waals surface area contributed by atoms with Crippen LogP contribution in [-0.2, 0) is 6.54 Å². The van der Waals surface area contributed by atoms with Gasteiger partial charge in [-0.25, -0.2) is 0 Å². The van der Waals surface area contributed by atoms with Crippen molar-refractivity contribution in [2.75, 3.05) is 0 Å². The smallest absolute Gasteiger partial charge is 0.124 e. The summed E-state index contributed by atoms with van der Waals surface area (Å²) >= 11 is 0. The van der Waals surface area contributed by atoms with Gasteiger partial charge in [0.1, 0.15) is 11.9 Å². The first-order valence-corrected chi connectivity index (χ1v) is 7.20. The Balaban J connectivity index is 2.14. The first-order chi connectivity index (χ1) is 8.74. The van der Waals surface area contributed by atoms with Gasteiger partial charge in [0.2, 0.25) is 0 Å². The minimum absolute atomic E-state index is 0.385. The lowest BCUT2D eigenvalue weighted by atomic mass is 9.84. The number of hydrogen-bond acceptors (Lipinski definition) is 2. The van der Waals surface area contributed by atoms with Crippen molar-refractivity contribution in [1.29, 1.82) is 0 Å². The highest BCUT2D eigenvalue weighted by atomic mass is 16.5. The molecule has 0 spiro atoms. The lowest BCUT2D eigenvalue weighted by Crippen LogP contribution is -2.30. The van der Waals surface area contributed by atoms with Crippen molar-refractivity contribution in [3.63, 3.8) is 0 Å². The average molecular weight is 247 g/mol. The van der Waals surface area contributed by atoms with Crippen LogP contribution in [0.5, 0.6) is 5.75 Å². The lowest BCUT2D eigenvalue weighted by Gasteiger charge is -2.32. The van der Waals surface area contributed by atoms with Gasteiger partial charge >= 0.3 is 0 Å². The first kappa shape index (κ1) is 13.4. The highest BCUT2D eigenvalue weighted by molar-refractivity contribution is 5.37. The molecule has 1 fully saturated rings. The molecule has 2 heteroatoms. The Bertz CT molecular complexity index is 389. The Morgan fingerprint density at radius 3 is 2.78 bits per heavy atom. The molecule has 1 aromatic rings. The van der Waals surface area contributed by atoms with Crippen molar-refractivity contribution in [2.45, 2.75) is 58.6 Å². The maximum Gasteiger partial charge on any atom is 0.124 e. The van der Waals surface area contributed by atoms with Crippen LogP contribution in [0.1, 0.15) is 50.2 Å². The molecule has 0 aliphatic heterocycles. The summed E-state index contributed by atoms with van der Waals surface area (Å²) in [6, 6.07) is 6.32. The molecule has 1 saturated carbocycles. The van der Waals surface area contributed by atoms with Gasteiger partial charge in [0.05, 0.1) is 0 Å². The largest absolute Gasteiger partial charge is 0.490 e. The maximum absolute atomic E-state index is 6.28. The van der Waals surface area contributed by atoms with Crippen LogP contribution >= 0.6 is 0 Å². The van der Waals surface area contributed by atoms with Crippen molar-refractivity contribution >= 4 is 0 Å². The van der Waals surface area contributed by atoms with Gasteiger partial charge in [0.25, 0.3) is 0 Å². The third-order valence-electron chi connectivity index (χ3n) is 4.08. The van der Waals surface area contributed by atoms with E-state index in [1.165, 1.54) is 37.7 Å². The average Bonchev–Trinajstić information content (AvgIpc) is 2.40. The molecule has 2 N–H and O–H groups in total. The molecule has 2 atom stereocenters. The van der Waals surface area contributed by atoms with Crippen molar-refractivity contribution in [1.82, 2.24) is 0 Å². The Kier molecular flexibility index (Phi) is 4.65. The van der Waals surface area contributed by atoms with E-state index < -0.39 is 0 Å². The van der Waals surface area contributed by atoms with E-state index in [1.54, 1.807) is 0 Å². The molecule has 100 valence electrons. The normalized spacial score (nSPS) is 23.9. The number of aryl methyl sites for hydroxylation is 1. The highest BCUT2D eigenvalue weighted by Crippen LogP contribution is 2.32. The fourth-order valence-corrected chi connectivity index (χ4v) is 2.90. The van der Waals surface area contributed by atoms with Gasteiger partial charge in [-0.2, -0.15) is 0 Å². The predicted octanol–water partition coefficient (Wildman–Crippen LogP) is 3.80. The van der Waals surface area contributed by atoms with Gasteiger partial charge in [-0.15, -0.1) is 0 Å². The number of hydrogen-bond donors (Lipinski definition) is 1. The summed E-state index contributed by atoms with van der Waals surface area (Å²) in [5.41, 5.74) is 8.16. The molecule has 0 aromatic heterocycles. The zero-order valence-electron chi connectivity index (χ0n) is 11.6. The molecule has 2 unspecified atom stereocenters. The summed E-state index contributed by atoms with van der Waals surface area (Å²) in [5, 5.41) is 0. The highest BCUT2D eigenvalue weighted by Gasteiger charge is 2.25. The number of nitrogens with two attached hydrogens (primary N) is 1. The third kappa shape index (κ3) is 3.05. The summed E-state index contributed by atoms with van der Waals surface area (Å²) in [5.74, 6) is 1.72. The number of benzene rings is 1. The second-order valence-electron chi connectivity index (χ2n) is 5.42. The van der Waals surface area contributed by atoms with Crippen LogP contribution in [0.15, 0.2) is 18.2 Å². The van der Waals surface area contributed by atoms with Gasteiger partial charge < -0.3 is 10.5 Å². The second kappa shape index (κ2) is 6.24. The molecule has 18 heavy (non-hydrogen) atoms. The Labute approximate surface area is 111 Å². The van der Waals surface area contributed by atoms with Gasteiger partial charge in [-0.05, 0) is 50.2 Å². The van der Waals surface area contributed by atoms with E-state index in [1.807, 2.05) is 0 Å². The van der Waals surface area contributed by atoms with Crippen molar-refractivity contribution in [2.24, 2.45) is 11.7 Å². The SMILES string of the molecule is CCC1CCCCC1Oc1cc(C)ccc1CN. The summed E-state index contributed by atoms with van der Waals surface area (Å²) in [6.45, 7) is 4.93. The van der Waals surface area contributed by atoms with Gasteiger partial charge in [-0.3, -0.25) is 0 Å². The first-order valence-electron chi connectivity index (χ1n) is 7.20. The van der Waals surface area contributed by atoms with E-state index >= 15 is 0 Å². The molecule has 1 aromatic carbocycles. The summed E-state index contributed by atoms with van der Waals surface area (Å²) in [6.07, 6.45) is 6.76. The number of ether oxygens (including phenoxy) is 1. The molecular weight excluding hydrogens is 222 g/mol. The van der Waals surface area contributed by atoms with Crippen LogP contribution in [0.4, 0.5) is 0 Å². The Hall–Kier alpha value is -1.02. The summed E-state index contributed by atoms with van der Waals surface area (Å²) in [4.78, 5) is 0. The summed E-state index contributed by atoms with van der Waals surface area (Å²) in [7, 11) is 0. The van der Waals surface area contributed by atoms with E-state index in [-0.39, 0.29) is 0 Å². The van der Waals surface area contributed by atoms with E-state index in [9.17, 15) is 0 Å². The Morgan fingerprint density at radius 1 is 1.28 bits per heavy atom. The predicted molar refractivity (Wildman–Crippen MR) is 75.7 cm³/mol. The fourth-order valence-electron chi connectivity index (χ4n) is 2.90. The minimum Gasteiger partial charge on any atom is -0.490 e. The molecule has 0 amide bonds. The maximum atomic E-state index is 6.28. The monoisotopic (exact) mass is 247 g/mol. The molecule has 0 saturated heterocycles. The zero-order chi connectivity index (χ0) is 13.0. The van der Waals surface area contributed by atoms with E-state index in [4.69, 9.17) is 10.5 Å². The number of rotatable bonds is 4. The molecule has 0 heterocycles. The topological polar surface area (TPSA) is 35.2 Å². The van der Waals surface area contributed by atoms with Crippen LogP contribution in [0, 0.1) is 12.8 Å². The molecule has 0 radical (unpaired) electrons. The fraction of sp³-hybridized carbons (Fsp3) is 0.625. The molecule has 2 rings (SSSR count). The van der Waals surface area contributed by atoms with Crippen molar-refractivity contribution in [3.8, 4) is 5.75 Å². The van der Waals surface area contributed by atoms with E-state index in [2.05, 4.69) is 32.0 Å². The van der Waals surface area contributed by atoms with Gasteiger partial charge in [0, 0.05) is 12.1 Å². The van der Waals surface area contributed by atoms with Crippen LogP contribution < -0.4 is 10.5 Å². The van der Waals surface area contributed by atoms with Gasteiger partial charge in [-0.1, -0.05) is 25.5 Å². The Morgan fingerprint density at radius 2 is 2.06 bits per heavy atom. The van der Waals surface area contributed by atoms with Crippen LogP contribution in [0.2, 0.25) is 0 Å². The van der Waals surface area contributed by atoms with Crippen LogP contribution in [0.3, 0.4) is 0 Å². The summed E-state index contributed by atoms with van der Waals surface area (Å²) < 4.78 is 6.28. The quantitative estimate of drug-likeness (QED) is 0.878. The molecule has 0 bridgehead atoms. The van der Waals surface area contributed by atoms with Crippen LogP contribution in [0.25, 0.3) is 0 Å². The third-order valence-corrected chi connectivity index (χ3v) is 4.08. The van der Waals surface area contributed by atoms with E-state index in [0.717, 1.165) is 11.3 Å².